The number of hydrogen-bond donors (Lipinski definition) is 4. The third-order valence-corrected chi connectivity index (χ3v) is 5.36. The van der Waals surface area contributed by atoms with E-state index >= 15 is 0 Å². The maximum Gasteiger partial charge on any atom is 0.337 e. The number of aliphatic hydroxyl groups is 1. The highest BCUT2D eigenvalue weighted by atomic mass is 16.5. The molecular weight excluding hydrogens is 492 g/mol. The SMILES string of the molecule is CCOc1cc([C@@H]2NC(=O)NC(C)=C2C(=O)OC)ccc1OC[C@@H](O)N/N=C\c1ccc(OC(C)C)cc1. The van der Waals surface area contributed by atoms with Crippen molar-refractivity contribution in [3.8, 4) is 17.2 Å². The fourth-order valence-corrected chi connectivity index (χ4v) is 3.72. The number of allylic oxidation sites excluding steroid dienone is 1. The number of ether oxygens (including phenoxy) is 4. The summed E-state index contributed by atoms with van der Waals surface area (Å²) in [7, 11) is 1.28. The zero-order valence-electron chi connectivity index (χ0n) is 22.1. The van der Waals surface area contributed by atoms with Crippen LogP contribution in [0.25, 0.3) is 0 Å². The van der Waals surface area contributed by atoms with Crippen molar-refractivity contribution in [3.05, 3.63) is 64.9 Å². The molecule has 2 amide bonds. The fraction of sp³-hybridized carbons (Fsp3) is 0.370. The molecule has 0 bridgehead atoms. The number of carbonyl (C=O) groups excluding carboxylic acids is 2. The Morgan fingerprint density at radius 3 is 2.55 bits per heavy atom. The van der Waals surface area contributed by atoms with Gasteiger partial charge >= 0.3 is 12.0 Å². The van der Waals surface area contributed by atoms with Crippen molar-refractivity contribution in [2.45, 2.75) is 46.1 Å². The average Bonchev–Trinajstić information content (AvgIpc) is 2.88. The van der Waals surface area contributed by atoms with Crippen LogP contribution in [0.1, 0.15) is 44.9 Å². The number of urea groups is 1. The Bertz CT molecular complexity index is 1180. The highest BCUT2D eigenvalue weighted by Crippen LogP contribution is 2.34. The first-order valence-corrected chi connectivity index (χ1v) is 12.2. The molecule has 4 N–H and O–H groups in total. The number of nitrogens with one attached hydrogen (secondary N) is 3. The van der Waals surface area contributed by atoms with E-state index in [4.69, 9.17) is 18.9 Å². The number of rotatable bonds is 12. The standard InChI is InChI=1S/C27H34N4O7/c1-6-36-22-13-19(25-24(26(33)35-5)17(4)29-27(34)30-25)9-12-21(22)37-15-23(32)31-28-14-18-7-10-20(11-8-18)38-16(2)3/h7-14,16,23,25,31-32H,6,15H2,1-5H3,(H2,29,30,34)/b28-14-/t23-,25+/m1/s1. The molecule has 0 saturated heterocycles. The summed E-state index contributed by atoms with van der Waals surface area (Å²) in [6.45, 7) is 7.60. The van der Waals surface area contributed by atoms with Crippen LogP contribution < -0.4 is 30.3 Å². The second-order valence-electron chi connectivity index (χ2n) is 8.65. The van der Waals surface area contributed by atoms with Gasteiger partial charge in [-0.1, -0.05) is 6.07 Å². The van der Waals surface area contributed by atoms with Crippen molar-refractivity contribution >= 4 is 18.2 Å². The first-order chi connectivity index (χ1) is 18.2. The first kappa shape index (κ1) is 28.3. The molecule has 1 aliphatic heterocycles. The fourth-order valence-electron chi connectivity index (χ4n) is 3.72. The van der Waals surface area contributed by atoms with E-state index in [1.165, 1.54) is 7.11 Å². The molecule has 0 radical (unpaired) electrons. The minimum absolute atomic E-state index is 0.0922. The maximum absolute atomic E-state index is 12.4. The number of carbonyl (C=O) groups is 2. The van der Waals surface area contributed by atoms with Crippen LogP contribution in [-0.4, -0.2) is 56.0 Å². The number of amides is 2. The smallest absolute Gasteiger partial charge is 0.337 e. The Morgan fingerprint density at radius 1 is 1.16 bits per heavy atom. The molecule has 0 fully saturated rings. The Balaban J connectivity index is 1.65. The number of methoxy groups -OCH3 is 1. The van der Waals surface area contributed by atoms with Crippen molar-refractivity contribution in [2.75, 3.05) is 20.3 Å². The Labute approximate surface area is 221 Å². The lowest BCUT2D eigenvalue weighted by Crippen LogP contribution is -2.45. The van der Waals surface area contributed by atoms with E-state index in [9.17, 15) is 14.7 Å². The number of benzene rings is 2. The molecule has 0 spiro atoms. The lowest BCUT2D eigenvalue weighted by molar-refractivity contribution is -0.136. The van der Waals surface area contributed by atoms with Gasteiger partial charge in [0, 0.05) is 5.70 Å². The second-order valence-corrected chi connectivity index (χ2v) is 8.65. The van der Waals surface area contributed by atoms with Crippen LogP contribution in [0.15, 0.2) is 58.8 Å². The van der Waals surface area contributed by atoms with Crippen LogP contribution in [0.3, 0.4) is 0 Å². The van der Waals surface area contributed by atoms with E-state index in [1.807, 2.05) is 45.0 Å². The van der Waals surface area contributed by atoms with E-state index in [-0.39, 0.29) is 18.3 Å². The minimum Gasteiger partial charge on any atom is -0.491 e. The van der Waals surface area contributed by atoms with E-state index in [2.05, 4.69) is 21.2 Å². The molecule has 38 heavy (non-hydrogen) atoms. The van der Waals surface area contributed by atoms with Gasteiger partial charge in [0.15, 0.2) is 17.7 Å². The monoisotopic (exact) mass is 526 g/mol. The molecule has 11 nitrogen and oxygen atoms in total. The molecule has 0 aromatic heterocycles. The number of aliphatic hydroxyl groups excluding tert-OH is 1. The quantitative estimate of drug-likeness (QED) is 0.143. The normalized spacial score (nSPS) is 16.1. The lowest BCUT2D eigenvalue weighted by Gasteiger charge is -2.28. The van der Waals surface area contributed by atoms with E-state index in [0.29, 0.717) is 29.4 Å². The second kappa shape index (κ2) is 13.3. The Hall–Kier alpha value is -4.25. The third-order valence-electron chi connectivity index (χ3n) is 5.36. The molecular formula is C27H34N4O7. The highest BCUT2D eigenvalue weighted by Gasteiger charge is 2.32. The molecule has 0 aliphatic carbocycles. The summed E-state index contributed by atoms with van der Waals surface area (Å²) >= 11 is 0. The highest BCUT2D eigenvalue weighted by molar-refractivity contribution is 5.95. The topological polar surface area (TPSA) is 140 Å². The largest absolute Gasteiger partial charge is 0.491 e. The van der Waals surface area contributed by atoms with Crippen LogP contribution in [0, 0.1) is 0 Å². The van der Waals surface area contributed by atoms with Crippen molar-refractivity contribution < 1.29 is 33.6 Å². The van der Waals surface area contributed by atoms with Gasteiger partial charge in [-0.2, -0.15) is 5.10 Å². The predicted molar refractivity (Wildman–Crippen MR) is 141 cm³/mol. The van der Waals surface area contributed by atoms with Crippen LogP contribution >= 0.6 is 0 Å². The van der Waals surface area contributed by atoms with Crippen LogP contribution in [0.2, 0.25) is 0 Å². The van der Waals surface area contributed by atoms with Gasteiger partial charge in [-0.15, -0.1) is 0 Å². The molecule has 2 aromatic rings. The van der Waals surface area contributed by atoms with Crippen LogP contribution in [0.4, 0.5) is 4.79 Å². The van der Waals surface area contributed by atoms with Gasteiger partial charge in [-0.05, 0) is 75.2 Å². The van der Waals surface area contributed by atoms with Crippen molar-refractivity contribution in [2.24, 2.45) is 5.10 Å². The summed E-state index contributed by atoms with van der Waals surface area (Å²) in [5.41, 5.74) is 4.73. The minimum atomic E-state index is -1.09. The molecule has 11 heteroatoms. The van der Waals surface area contributed by atoms with Gasteiger partial charge < -0.3 is 34.7 Å². The maximum atomic E-state index is 12.4. The Kier molecular flexibility index (Phi) is 9.94. The zero-order chi connectivity index (χ0) is 27.7. The van der Waals surface area contributed by atoms with Gasteiger partial charge in [0.25, 0.3) is 0 Å². The first-order valence-electron chi connectivity index (χ1n) is 12.2. The predicted octanol–water partition coefficient (Wildman–Crippen LogP) is 2.99. The van der Waals surface area contributed by atoms with Crippen molar-refractivity contribution in [3.63, 3.8) is 0 Å². The molecule has 3 rings (SSSR count). The zero-order valence-corrected chi connectivity index (χ0v) is 22.1. The van der Waals surface area contributed by atoms with Gasteiger partial charge in [-0.25, -0.2) is 9.59 Å². The molecule has 2 aromatic carbocycles. The molecule has 0 saturated carbocycles. The summed E-state index contributed by atoms with van der Waals surface area (Å²) in [6.07, 6.45) is 0.573. The third kappa shape index (κ3) is 7.62. The summed E-state index contributed by atoms with van der Waals surface area (Å²) in [5.74, 6) is 0.971. The van der Waals surface area contributed by atoms with E-state index < -0.39 is 24.3 Å². The van der Waals surface area contributed by atoms with Crippen molar-refractivity contribution in [1.29, 1.82) is 0 Å². The molecule has 0 unspecified atom stereocenters. The number of hydrazone groups is 1. The number of hydrogen-bond acceptors (Lipinski definition) is 9. The average molecular weight is 527 g/mol. The van der Waals surface area contributed by atoms with Gasteiger partial charge in [0.05, 0.1) is 37.7 Å². The van der Waals surface area contributed by atoms with Gasteiger partial charge in [-0.3, -0.25) is 5.43 Å². The van der Waals surface area contributed by atoms with Gasteiger partial charge in [0.1, 0.15) is 12.4 Å². The molecule has 1 aliphatic rings. The van der Waals surface area contributed by atoms with E-state index in [1.54, 1.807) is 31.3 Å². The summed E-state index contributed by atoms with van der Waals surface area (Å²) in [5, 5.41) is 19.6. The summed E-state index contributed by atoms with van der Waals surface area (Å²) in [4.78, 5) is 24.5. The molecule has 2 atom stereocenters. The van der Waals surface area contributed by atoms with Crippen LogP contribution in [-0.2, 0) is 9.53 Å². The van der Waals surface area contributed by atoms with Crippen molar-refractivity contribution in [1.82, 2.24) is 16.1 Å². The van der Waals surface area contributed by atoms with Crippen LogP contribution in [0.5, 0.6) is 17.2 Å². The molecule has 204 valence electrons. The number of nitrogens with zero attached hydrogens (tertiary/aromatic N) is 1. The van der Waals surface area contributed by atoms with E-state index in [0.717, 1.165) is 11.3 Å². The Morgan fingerprint density at radius 2 is 1.89 bits per heavy atom. The molecule has 1 heterocycles. The lowest BCUT2D eigenvalue weighted by atomic mass is 9.95. The summed E-state index contributed by atoms with van der Waals surface area (Å²) < 4.78 is 22.0. The number of esters is 1. The summed E-state index contributed by atoms with van der Waals surface area (Å²) in [6, 6.07) is 11.3. The van der Waals surface area contributed by atoms with Gasteiger partial charge in [0.2, 0.25) is 0 Å².